The number of carbonyl (C=O) groups excluding carboxylic acids is 2. The van der Waals surface area contributed by atoms with E-state index in [1.165, 1.54) is 22.7 Å². The molecular weight excluding hydrogens is 370 g/mol. The summed E-state index contributed by atoms with van der Waals surface area (Å²) in [5.74, 6) is -1.66. The lowest BCUT2D eigenvalue weighted by Gasteiger charge is -2.25. The van der Waals surface area contributed by atoms with Gasteiger partial charge in [0.05, 0.1) is 11.4 Å². The maximum atomic E-state index is 14.2. The molecule has 1 aliphatic rings. The average molecular weight is 390 g/mol. The molecule has 2 aromatic carbocycles. The average Bonchev–Trinajstić information content (AvgIpc) is 2.96. The fraction of sp³-hybridized carbons (Fsp3) is 0.300. The summed E-state index contributed by atoms with van der Waals surface area (Å²) in [6.45, 7) is 5.45. The second kappa shape index (κ2) is 7.31. The molecule has 1 fully saturated rings. The van der Waals surface area contributed by atoms with Crippen molar-refractivity contribution in [3.8, 4) is 0 Å². The lowest BCUT2D eigenvalue weighted by Crippen LogP contribution is -2.29. The molecule has 1 atom stereocenters. The van der Waals surface area contributed by atoms with Crippen LogP contribution in [0.15, 0.2) is 42.5 Å². The van der Waals surface area contributed by atoms with Crippen LogP contribution in [0.1, 0.15) is 31.7 Å². The van der Waals surface area contributed by atoms with E-state index in [4.69, 9.17) is 0 Å². The molecule has 0 unspecified atom stereocenters. The summed E-state index contributed by atoms with van der Waals surface area (Å²) in [5, 5.41) is 2.40. The zero-order chi connectivity index (χ0) is 19.8. The second-order valence-electron chi connectivity index (χ2n) is 7.35. The molecule has 1 N–H and O–H groups in total. The van der Waals surface area contributed by atoms with E-state index in [0.29, 0.717) is 5.69 Å². The fourth-order valence-corrected chi connectivity index (χ4v) is 3.86. The van der Waals surface area contributed by atoms with E-state index >= 15 is 0 Å². The summed E-state index contributed by atoms with van der Waals surface area (Å²) in [5.41, 5.74) is 0.853. The number of anilines is 2. The zero-order valence-corrected chi connectivity index (χ0v) is 16.1. The maximum Gasteiger partial charge on any atom is 0.238 e. The smallest absolute Gasteiger partial charge is 0.238 e. The van der Waals surface area contributed by atoms with Gasteiger partial charge in [-0.15, -0.1) is 11.8 Å². The maximum absolute atomic E-state index is 14.2. The molecular formula is C20H20F2N2O2S. The van der Waals surface area contributed by atoms with E-state index in [2.05, 4.69) is 5.32 Å². The molecule has 0 aliphatic carbocycles. The van der Waals surface area contributed by atoms with Gasteiger partial charge in [0, 0.05) is 17.2 Å². The number of thioether (sulfide) groups is 1. The van der Waals surface area contributed by atoms with Crippen LogP contribution in [0.2, 0.25) is 0 Å². The molecule has 142 valence electrons. The summed E-state index contributed by atoms with van der Waals surface area (Å²) < 4.78 is 27.5. The van der Waals surface area contributed by atoms with E-state index in [9.17, 15) is 18.4 Å². The van der Waals surface area contributed by atoms with E-state index in [-0.39, 0.29) is 23.3 Å². The third-order valence-electron chi connectivity index (χ3n) is 4.15. The monoisotopic (exact) mass is 390 g/mol. The molecule has 0 spiro atoms. The number of carbonyl (C=O) groups is 2. The lowest BCUT2D eigenvalue weighted by molar-refractivity contribution is -0.123. The summed E-state index contributed by atoms with van der Waals surface area (Å²) >= 11 is 1.36. The lowest BCUT2D eigenvalue weighted by atomic mass is 9.95. The van der Waals surface area contributed by atoms with Gasteiger partial charge in [-0.2, -0.15) is 0 Å². The number of rotatable bonds is 3. The molecule has 4 nitrogen and oxygen atoms in total. The Morgan fingerprint density at radius 2 is 1.93 bits per heavy atom. The number of benzene rings is 2. The normalized spacial score (nSPS) is 17.3. The first-order valence-electron chi connectivity index (χ1n) is 8.47. The molecule has 2 amide bonds. The van der Waals surface area contributed by atoms with Gasteiger partial charge < -0.3 is 5.32 Å². The number of halogens is 2. The van der Waals surface area contributed by atoms with Gasteiger partial charge in [-0.3, -0.25) is 14.5 Å². The highest BCUT2D eigenvalue weighted by Crippen LogP contribution is 2.43. The molecule has 2 aromatic rings. The molecule has 3 rings (SSSR count). The highest BCUT2D eigenvalue weighted by atomic mass is 32.2. The van der Waals surface area contributed by atoms with Gasteiger partial charge in [-0.25, -0.2) is 8.78 Å². The van der Waals surface area contributed by atoms with Crippen LogP contribution in [0.4, 0.5) is 20.2 Å². The van der Waals surface area contributed by atoms with Gasteiger partial charge in [0.2, 0.25) is 11.8 Å². The molecule has 0 radical (unpaired) electrons. The molecule has 1 heterocycles. The minimum absolute atomic E-state index is 0.0422. The highest BCUT2D eigenvalue weighted by Gasteiger charge is 2.35. The van der Waals surface area contributed by atoms with E-state index in [0.717, 1.165) is 17.7 Å². The summed E-state index contributed by atoms with van der Waals surface area (Å²) in [6.07, 6.45) is 0. The number of nitrogens with one attached hydrogen (secondary N) is 1. The van der Waals surface area contributed by atoms with Crippen LogP contribution >= 0.6 is 11.8 Å². The van der Waals surface area contributed by atoms with E-state index in [1.807, 2.05) is 26.8 Å². The summed E-state index contributed by atoms with van der Waals surface area (Å²) in [6, 6.07) is 10.3. The largest absolute Gasteiger partial charge is 0.326 e. The van der Waals surface area contributed by atoms with Crippen molar-refractivity contribution in [3.05, 3.63) is 59.7 Å². The Kier molecular flexibility index (Phi) is 5.24. The van der Waals surface area contributed by atoms with E-state index < -0.39 is 22.4 Å². The zero-order valence-electron chi connectivity index (χ0n) is 15.3. The van der Waals surface area contributed by atoms with Gasteiger partial charge in [-0.05, 0) is 29.8 Å². The molecule has 27 heavy (non-hydrogen) atoms. The third-order valence-corrected chi connectivity index (χ3v) is 5.36. The summed E-state index contributed by atoms with van der Waals surface area (Å²) in [4.78, 5) is 25.9. The van der Waals surface area contributed by atoms with Crippen LogP contribution in [0.25, 0.3) is 0 Å². The number of hydrogen-bond donors (Lipinski definition) is 1. The van der Waals surface area contributed by atoms with Gasteiger partial charge in [0.15, 0.2) is 0 Å². The van der Waals surface area contributed by atoms with Crippen molar-refractivity contribution in [1.29, 1.82) is 0 Å². The standard InChI is InChI=1S/C20H20F2N2O2S/c1-20(2,3)19(26)23-14-6-4-5-12(9-14)18-24(17(25)11-27-18)16-8-7-13(21)10-15(16)22/h4-10,18H,11H2,1-3H3,(H,23,26)/t18-/m1/s1. The van der Waals surface area contributed by atoms with Gasteiger partial charge >= 0.3 is 0 Å². The van der Waals surface area contributed by atoms with Crippen molar-refractivity contribution in [2.75, 3.05) is 16.0 Å². The predicted octanol–water partition coefficient (Wildman–Crippen LogP) is 4.73. The van der Waals surface area contributed by atoms with E-state index in [1.54, 1.807) is 18.2 Å². The molecule has 1 saturated heterocycles. The van der Waals surface area contributed by atoms with Crippen molar-refractivity contribution in [3.63, 3.8) is 0 Å². The van der Waals surface area contributed by atoms with Gasteiger partial charge in [0.25, 0.3) is 0 Å². The second-order valence-corrected chi connectivity index (χ2v) is 8.42. The minimum Gasteiger partial charge on any atom is -0.326 e. The first-order valence-corrected chi connectivity index (χ1v) is 9.52. The van der Waals surface area contributed by atoms with Crippen molar-refractivity contribution >= 4 is 35.0 Å². The van der Waals surface area contributed by atoms with Crippen molar-refractivity contribution in [2.24, 2.45) is 5.41 Å². The molecule has 0 aromatic heterocycles. The Labute approximate surface area is 160 Å². The number of amides is 2. The quantitative estimate of drug-likeness (QED) is 0.824. The highest BCUT2D eigenvalue weighted by molar-refractivity contribution is 8.00. The Morgan fingerprint density at radius 3 is 2.59 bits per heavy atom. The molecule has 7 heteroatoms. The van der Waals surface area contributed by atoms with Crippen molar-refractivity contribution < 1.29 is 18.4 Å². The Morgan fingerprint density at radius 1 is 1.19 bits per heavy atom. The van der Waals surface area contributed by atoms with Crippen LogP contribution in [-0.2, 0) is 9.59 Å². The topological polar surface area (TPSA) is 49.4 Å². The predicted molar refractivity (Wildman–Crippen MR) is 104 cm³/mol. The van der Waals surface area contributed by atoms with Gasteiger partial charge in [-0.1, -0.05) is 32.9 Å². The summed E-state index contributed by atoms with van der Waals surface area (Å²) in [7, 11) is 0. The van der Waals surface area contributed by atoms with Crippen LogP contribution < -0.4 is 10.2 Å². The molecule has 0 saturated carbocycles. The van der Waals surface area contributed by atoms with Crippen LogP contribution in [0, 0.1) is 17.0 Å². The first kappa shape index (κ1) is 19.4. The number of hydrogen-bond acceptors (Lipinski definition) is 3. The Hall–Kier alpha value is -2.41. The Bertz CT molecular complexity index is 896. The SMILES string of the molecule is CC(C)(C)C(=O)Nc1cccc([C@H]2SCC(=O)N2c2ccc(F)cc2F)c1. The Balaban J connectivity index is 1.92. The number of nitrogens with zero attached hydrogens (tertiary/aromatic N) is 1. The first-order chi connectivity index (χ1) is 12.7. The fourth-order valence-electron chi connectivity index (χ4n) is 2.70. The third kappa shape index (κ3) is 4.13. The van der Waals surface area contributed by atoms with Crippen molar-refractivity contribution in [2.45, 2.75) is 26.1 Å². The van der Waals surface area contributed by atoms with Crippen molar-refractivity contribution in [1.82, 2.24) is 0 Å². The molecule has 1 aliphatic heterocycles. The van der Waals surface area contributed by atoms with Crippen LogP contribution in [0.5, 0.6) is 0 Å². The van der Waals surface area contributed by atoms with Gasteiger partial charge in [0.1, 0.15) is 17.0 Å². The van der Waals surface area contributed by atoms with Crippen LogP contribution in [0.3, 0.4) is 0 Å². The molecule has 0 bridgehead atoms. The minimum atomic E-state index is -0.784. The van der Waals surface area contributed by atoms with Crippen LogP contribution in [-0.4, -0.2) is 17.6 Å².